The number of halogens is 1. The maximum atomic E-state index is 12.4. The molecule has 2 N–H and O–H groups in total. The summed E-state index contributed by atoms with van der Waals surface area (Å²) in [6, 6.07) is 10.8. The maximum absolute atomic E-state index is 12.4. The number of amides is 1. The zero-order valence-electron chi connectivity index (χ0n) is 13.5. The normalized spacial score (nSPS) is 20.2. The molecule has 7 heteroatoms. The summed E-state index contributed by atoms with van der Waals surface area (Å²) in [5, 5.41) is 3.12. The highest BCUT2D eigenvalue weighted by atomic mass is 35.5. The molecular weight excluding hydrogens is 344 g/mol. The van der Waals surface area contributed by atoms with Gasteiger partial charge in [-0.15, -0.1) is 0 Å². The number of carbonyl (C=O) groups is 1. The van der Waals surface area contributed by atoms with E-state index in [0.717, 1.165) is 5.56 Å². The fourth-order valence-corrected chi connectivity index (χ4v) is 2.87. The average molecular weight is 363 g/mol. The summed E-state index contributed by atoms with van der Waals surface area (Å²) in [5.41, 5.74) is 0.547. The lowest BCUT2D eigenvalue weighted by molar-refractivity contribution is -0.0605. The number of carbonyl (C=O) groups excluding carboxylic acids is 1. The van der Waals surface area contributed by atoms with E-state index in [9.17, 15) is 9.59 Å². The molecule has 2 aromatic rings. The number of aromatic amines is 1. The number of benzene rings is 1. The van der Waals surface area contributed by atoms with Crippen LogP contribution in [-0.2, 0) is 16.1 Å². The molecule has 2 atom stereocenters. The van der Waals surface area contributed by atoms with Crippen molar-refractivity contribution >= 4 is 17.5 Å². The molecule has 0 radical (unpaired) electrons. The van der Waals surface area contributed by atoms with Crippen LogP contribution in [0.3, 0.4) is 0 Å². The molecule has 0 bridgehead atoms. The Bertz CT molecular complexity index is 778. The second-order valence-electron chi connectivity index (χ2n) is 5.84. The van der Waals surface area contributed by atoms with Crippen LogP contribution in [0.2, 0.25) is 5.02 Å². The van der Waals surface area contributed by atoms with Gasteiger partial charge in [-0.05, 0) is 18.1 Å². The lowest BCUT2D eigenvalue weighted by Crippen LogP contribution is -2.51. The highest BCUT2D eigenvalue weighted by Crippen LogP contribution is 2.15. The topological polar surface area (TPSA) is 80.4 Å². The quantitative estimate of drug-likeness (QED) is 0.853. The first kappa shape index (κ1) is 17.7. The van der Waals surface area contributed by atoms with Crippen molar-refractivity contribution in [3.8, 4) is 0 Å². The van der Waals surface area contributed by atoms with E-state index in [0.29, 0.717) is 31.3 Å². The van der Waals surface area contributed by atoms with E-state index in [-0.39, 0.29) is 17.7 Å². The first-order chi connectivity index (χ1) is 12.1. The van der Waals surface area contributed by atoms with Gasteiger partial charge < -0.3 is 19.8 Å². The van der Waals surface area contributed by atoms with Crippen LogP contribution in [0.1, 0.15) is 22.3 Å². The van der Waals surface area contributed by atoms with Crippen molar-refractivity contribution in [3.63, 3.8) is 0 Å². The Labute approximate surface area is 150 Å². The molecule has 0 aliphatic carbocycles. The van der Waals surface area contributed by atoms with E-state index in [1.165, 1.54) is 12.3 Å². The average Bonchev–Trinajstić information content (AvgIpc) is 2.64. The Hall–Kier alpha value is -2.15. The molecule has 2 heterocycles. The molecule has 25 heavy (non-hydrogen) atoms. The standard InChI is InChI=1S/C18H19ClN2O4/c19-13-8-14(17(22)20-9-13)18(23)21-15-11-24-7-6-16(15)25-10-12-4-2-1-3-5-12/h1-5,8-9,15-16H,6-7,10-11H2,(H,20,22)(H,21,23)/t15-,16+/m1/s1. The van der Waals surface area contributed by atoms with Crippen molar-refractivity contribution < 1.29 is 14.3 Å². The summed E-state index contributed by atoms with van der Waals surface area (Å²) in [4.78, 5) is 26.6. The number of rotatable bonds is 5. The zero-order valence-corrected chi connectivity index (χ0v) is 14.3. The Morgan fingerprint density at radius 3 is 2.96 bits per heavy atom. The van der Waals surface area contributed by atoms with Gasteiger partial charge in [-0.1, -0.05) is 41.9 Å². The second-order valence-corrected chi connectivity index (χ2v) is 6.28. The van der Waals surface area contributed by atoms with Crippen molar-refractivity contribution in [2.24, 2.45) is 0 Å². The van der Waals surface area contributed by atoms with Crippen molar-refractivity contribution in [2.75, 3.05) is 13.2 Å². The third-order valence-corrected chi connectivity index (χ3v) is 4.25. The van der Waals surface area contributed by atoms with Crippen molar-refractivity contribution in [1.82, 2.24) is 10.3 Å². The van der Waals surface area contributed by atoms with E-state index in [1.807, 2.05) is 30.3 Å². The summed E-state index contributed by atoms with van der Waals surface area (Å²) in [6.07, 6.45) is 1.83. The molecule has 0 spiro atoms. The minimum atomic E-state index is -0.493. The fourth-order valence-electron chi connectivity index (χ4n) is 2.70. The van der Waals surface area contributed by atoms with Crippen LogP contribution < -0.4 is 10.9 Å². The molecule has 1 aliphatic heterocycles. The minimum Gasteiger partial charge on any atom is -0.379 e. The van der Waals surface area contributed by atoms with E-state index in [4.69, 9.17) is 21.1 Å². The summed E-state index contributed by atoms with van der Waals surface area (Å²) >= 11 is 5.85. The molecule has 1 aromatic heterocycles. The van der Waals surface area contributed by atoms with Crippen LogP contribution in [0, 0.1) is 0 Å². The molecule has 1 fully saturated rings. The van der Waals surface area contributed by atoms with Gasteiger partial charge in [0, 0.05) is 12.8 Å². The maximum Gasteiger partial charge on any atom is 0.260 e. The van der Waals surface area contributed by atoms with Crippen molar-refractivity contribution in [1.29, 1.82) is 0 Å². The molecule has 1 saturated heterocycles. The molecule has 132 valence electrons. The molecule has 3 rings (SSSR count). The number of aromatic nitrogens is 1. The number of hydrogen-bond donors (Lipinski definition) is 2. The van der Waals surface area contributed by atoms with Crippen molar-refractivity contribution in [3.05, 3.63) is 69.1 Å². The second kappa shape index (κ2) is 8.29. The Morgan fingerprint density at radius 2 is 2.16 bits per heavy atom. The number of nitrogens with one attached hydrogen (secondary N) is 2. The van der Waals surface area contributed by atoms with Gasteiger partial charge in [0.1, 0.15) is 5.56 Å². The van der Waals surface area contributed by atoms with E-state index in [1.54, 1.807) is 0 Å². The number of pyridine rings is 1. The monoisotopic (exact) mass is 362 g/mol. The fraction of sp³-hybridized carbons (Fsp3) is 0.333. The Balaban J connectivity index is 1.65. The molecule has 6 nitrogen and oxygen atoms in total. The lowest BCUT2D eigenvalue weighted by Gasteiger charge is -2.32. The van der Waals surface area contributed by atoms with Crippen LogP contribution in [0.25, 0.3) is 0 Å². The predicted molar refractivity (Wildman–Crippen MR) is 93.8 cm³/mol. The molecule has 1 aliphatic rings. The lowest BCUT2D eigenvalue weighted by atomic mass is 10.1. The van der Waals surface area contributed by atoms with Gasteiger partial charge >= 0.3 is 0 Å². The van der Waals surface area contributed by atoms with Gasteiger partial charge in [0.15, 0.2) is 0 Å². The first-order valence-electron chi connectivity index (χ1n) is 8.06. The smallest absolute Gasteiger partial charge is 0.260 e. The van der Waals surface area contributed by atoms with Crippen LogP contribution in [-0.4, -0.2) is 36.3 Å². The molecule has 0 unspecified atom stereocenters. The molecule has 1 amide bonds. The predicted octanol–water partition coefficient (Wildman–Crippen LogP) is 2.13. The Kier molecular flexibility index (Phi) is 5.86. The number of ether oxygens (including phenoxy) is 2. The largest absolute Gasteiger partial charge is 0.379 e. The number of hydrogen-bond acceptors (Lipinski definition) is 4. The van der Waals surface area contributed by atoms with Gasteiger partial charge in [0.25, 0.3) is 11.5 Å². The first-order valence-corrected chi connectivity index (χ1v) is 8.43. The third-order valence-electron chi connectivity index (χ3n) is 4.03. The highest BCUT2D eigenvalue weighted by molar-refractivity contribution is 6.30. The van der Waals surface area contributed by atoms with Crippen LogP contribution in [0.4, 0.5) is 0 Å². The number of H-pyrrole nitrogens is 1. The summed E-state index contributed by atoms with van der Waals surface area (Å²) in [5.74, 6) is -0.493. The summed E-state index contributed by atoms with van der Waals surface area (Å²) < 4.78 is 11.4. The van der Waals surface area contributed by atoms with Gasteiger partial charge in [-0.25, -0.2) is 0 Å². The zero-order chi connectivity index (χ0) is 17.6. The molecule has 1 aromatic carbocycles. The van der Waals surface area contributed by atoms with Gasteiger partial charge in [-0.2, -0.15) is 0 Å². The van der Waals surface area contributed by atoms with E-state index < -0.39 is 11.5 Å². The van der Waals surface area contributed by atoms with E-state index >= 15 is 0 Å². The third kappa shape index (κ3) is 4.69. The van der Waals surface area contributed by atoms with E-state index in [2.05, 4.69) is 10.3 Å². The summed E-state index contributed by atoms with van der Waals surface area (Å²) in [6.45, 7) is 1.36. The summed E-state index contributed by atoms with van der Waals surface area (Å²) in [7, 11) is 0. The molecule has 0 saturated carbocycles. The van der Waals surface area contributed by atoms with Gasteiger partial charge in [-0.3, -0.25) is 9.59 Å². The van der Waals surface area contributed by atoms with Crippen LogP contribution in [0.15, 0.2) is 47.4 Å². The molecular formula is C18H19ClN2O4. The SMILES string of the molecule is O=C(N[C@@H]1COCC[C@@H]1OCc1ccccc1)c1cc(Cl)c[nH]c1=O. The van der Waals surface area contributed by atoms with Crippen LogP contribution >= 0.6 is 11.6 Å². The van der Waals surface area contributed by atoms with Crippen molar-refractivity contribution in [2.45, 2.75) is 25.2 Å². The van der Waals surface area contributed by atoms with Gasteiger partial charge in [0.2, 0.25) is 0 Å². The van der Waals surface area contributed by atoms with Crippen LogP contribution in [0.5, 0.6) is 0 Å². The highest BCUT2D eigenvalue weighted by Gasteiger charge is 2.29. The Morgan fingerprint density at radius 1 is 1.36 bits per heavy atom. The van der Waals surface area contributed by atoms with Gasteiger partial charge in [0.05, 0.1) is 30.4 Å². The minimum absolute atomic E-state index is 0.0279.